The average Bonchev–Trinajstić information content (AvgIpc) is 3.31. The molecule has 2 aromatic heterocycles. The fraction of sp³-hybridized carbons (Fsp3) is 0.0500. The zero-order valence-electron chi connectivity index (χ0n) is 13.0. The van der Waals surface area contributed by atoms with Gasteiger partial charge in [0.05, 0.1) is 12.4 Å². The van der Waals surface area contributed by atoms with Crippen molar-refractivity contribution < 1.29 is 0 Å². The lowest BCUT2D eigenvalue weighted by Crippen LogP contribution is -2.10. The Balaban J connectivity index is 1.75. The van der Waals surface area contributed by atoms with Crippen LogP contribution in [0.5, 0.6) is 0 Å². The Morgan fingerprint density at radius 3 is 2.00 bits per heavy atom. The molecule has 24 heavy (non-hydrogen) atoms. The van der Waals surface area contributed by atoms with E-state index in [1.165, 1.54) is 11.1 Å². The van der Waals surface area contributed by atoms with Crippen LogP contribution in [0.15, 0.2) is 91.8 Å². The molecule has 0 aliphatic heterocycles. The second-order valence-electron chi connectivity index (χ2n) is 5.65. The van der Waals surface area contributed by atoms with E-state index in [1.807, 2.05) is 49.2 Å². The minimum Gasteiger partial charge on any atom is -0.326 e. The Morgan fingerprint density at radius 2 is 1.42 bits per heavy atom. The van der Waals surface area contributed by atoms with Gasteiger partial charge in [0.25, 0.3) is 0 Å². The summed E-state index contributed by atoms with van der Waals surface area (Å²) in [7, 11) is 0. The first-order valence-corrected chi connectivity index (χ1v) is 8.15. The highest BCUT2D eigenvalue weighted by molar-refractivity contribution is 6.30. The molecule has 0 radical (unpaired) electrons. The van der Waals surface area contributed by atoms with Gasteiger partial charge in [-0.2, -0.15) is 0 Å². The van der Waals surface area contributed by atoms with Gasteiger partial charge < -0.3 is 9.13 Å². The van der Waals surface area contributed by atoms with Crippen LogP contribution in [0.1, 0.15) is 17.2 Å². The lowest BCUT2D eigenvalue weighted by atomic mass is 9.98. The summed E-state index contributed by atoms with van der Waals surface area (Å²) in [5, 5.41) is 0.742. The zero-order chi connectivity index (χ0) is 16.4. The summed E-state index contributed by atoms with van der Waals surface area (Å²) in [6.45, 7) is 0. The zero-order valence-corrected chi connectivity index (χ0v) is 13.7. The topological polar surface area (TPSA) is 22.8 Å². The van der Waals surface area contributed by atoms with E-state index in [2.05, 4.69) is 50.5 Å². The molecule has 0 aliphatic rings. The summed E-state index contributed by atoms with van der Waals surface area (Å²) >= 11 is 6.04. The van der Waals surface area contributed by atoms with E-state index in [0.717, 1.165) is 10.7 Å². The van der Waals surface area contributed by atoms with Crippen molar-refractivity contribution in [1.82, 2.24) is 14.1 Å². The molecule has 2 heterocycles. The van der Waals surface area contributed by atoms with Crippen LogP contribution in [0, 0.1) is 0 Å². The molecule has 2 aromatic carbocycles. The smallest absolute Gasteiger partial charge is 0.0954 e. The number of hydrogen-bond donors (Lipinski definition) is 0. The summed E-state index contributed by atoms with van der Waals surface area (Å²) in [4.78, 5) is 4.20. The van der Waals surface area contributed by atoms with Crippen LogP contribution in [0.25, 0.3) is 5.69 Å². The van der Waals surface area contributed by atoms with Gasteiger partial charge in [0, 0.05) is 35.5 Å². The van der Waals surface area contributed by atoms with Crippen molar-refractivity contribution in [2.24, 2.45) is 0 Å². The fourth-order valence-corrected chi connectivity index (χ4v) is 3.07. The number of imidazole rings is 1. The number of nitrogens with zero attached hydrogens (tertiary/aromatic N) is 3. The van der Waals surface area contributed by atoms with E-state index in [0.29, 0.717) is 0 Å². The second kappa shape index (κ2) is 6.38. The van der Waals surface area contributed by atoms with E-state index in [-0.39, 0.29) is 6.04 Å². The molecule has 0 saturated heterocycles. The maximum Gasteiger partial charge on any atom is 0.0954 e. The Morgan fingerprint density at radius 1 is 0.792 bits per heavy atom. The largest absolute Gasteiger partial charge is 0.326 e. The second-order valence-corrected chi connectivity index (χ2v) is 6.08. The van der Waals surface area contributed by atoms with Crippen molar-refractivity contribution in [3.05, 3.63) is 108 Å². The van der Waals surface area contributed by atoms with E-state index >= 15 is 0 Å². The van der Waals surface area contributed by atoms with Crippen molar-refractivity contribution in [3.8, 4) is 5.69 Å². The molecule has 0 unspecified atom stereocenters. The molecule has 118 valence electrons. The van der Waals surface area contributed by atoms with Gasteiger partial charge >= 0.3 is 0 Å². The quantitative estimate of drug-likeness (QED) is 0.517. The van der Waals surface area contributed by atoms with Crippen LogP contribution in [-0.2, 0) is 0 Å². The summed E-state index contributed by atoms with van der Waals surface area (Å²) in [5.74, 6) is 0. The minimum absolute atomic E-state index is 0.0727. The van der Waals surface area contributed by atoms with E-state index in [1.54, 1.807) is 6.20 Å². The minimum atomic E-state index is 0.0727. The van der Waals surface area contributed by atoms with Crippen molar-refractivity contribution in [1.29, 1.82) is 0 Å². The molecule has 3 nitrogen and oxygen atoms in total. The number of hydrogen-bond acceptors (Lipinski definition) is 1. The van der Waals surface area contributed by atoms with E-state index in [9.17, 15) is 0 Å². The summed E-state index contributed by atoms with van der Waals surface area (Å²) in [6.07, 6.45) is 9.72. The van der Waals surface area contributed by atoms with Crippen LogP contribution in [0.4, 0.5) is 0 Å². The van der Waals surface area contributed by atoms with E-state index < -0.39 is 0 Å². The van der Waals surface area contributed by atoms with Crippen LogP contribution in [0.2, 0.25) is 5.02 Å². The molecular weight excluding hydrogens is 318 g/mol. The molecule has 1 atom stereocenters. The van der Waals surface area contributed by atoms with Gasteiger partial charge in [-0.05, 0) is 47.5 Å². The maximum absolute atomic E-state index is 6.04. The number of aromatic nitrogens is 3. The molecule has 0 saturated carbocycles. The van der Waals surface area contributed by atoms with Gasteiger partial charge in [-0.15, -0.1) is 0 Å². The van der Waals surface area contributed by atoms with Gasteiger partial charge in [0.1, 0.15) is 0 Å². The maximum atomic E-state index is 6.04. The lowest BCUT2D eigenvalue weighted by molar-refractivity contribution is 0.676. The van der Waals surface area contributed by atoms with Crippen molar-refractivity contribution >= 4 is 11.6 Å². The Labute approximate surface area is 145 Å². The van der Waals surface area contributed by atoms with Gasteiger partial charge in [0.2, 0.25) is 0 Å². The summed E-state index contributed by atoms with van der Waals surface area (Å²) in [6, 6.07) is 20.7. The first-order valence-electron chi connectivity index (χ1n) is 7.77. The molecule has 4 aromatic rings. The van der Waals surface area contributed by atoms with Crippen molar-refractivity contribution in [2.75, 3.05) is 0 Å². The third-order valence-electron chi connectivity index (χ3n) is 4.12. The highest BCUT2D eigenvalue weighted by Gasteiger charge is 2.16. The van der Waals surface area contributed by atoms with Crippen LogP contribution in [0.3, 0.4) is 0 Å². The predicted molar refractivity (Wildman–Crippen MR) is 96.7 cm³/mol. The molecule has 4 rings (SSSR count). The van der Waals surface area contributed by atoms with E-state index in [4.69, 9.17) is 11.6 Å². The highest BCUT2D eigenvalue weighted by Crippen LogP contribution is 2.28. The van der Waals surface area contributed by atoms with Crippen molar-refractivity contribution in [2.45, 2.75) is 6.04 Å². The standard InChI is InChI=1S/C20H16ClN3/c21-18-7-3-16(4-8-18)20(24-14-11-22-15-24)17-5-9-19(10-6-17)23-12-1-2-13-23/h1-15,20H/t20-/m0/s1. The Bertz CT molecular complexity index is 893. The predicted octanol–water partition coefficient (Wildman–Crippen LogP) is 4.96. The SMILES string of the molecule is Clc1ccc([C@@H](c2ccc(-n3cccc3)cc2)n2ccnc2)cc1. The lowest BCUT2D eigenvalue weighted by Gasteiger charge is -2.20. The Hall–Kier alpha value is -2.78. The molecule has 0 spiro atoms. The average molecular weight is 334 g/mol. The monoisotopic (exact) mass is 333 g/mol. The normalized spacial score (nSPS) is 12.2. The molecule has 0 N–H and O–H groups in total. The number of rotatable bonds is 4. The molecule has 0 fully saturated rings. The highest BCUT2D eigenvalue weighted by atomic mass is 35.5. The van der Waals surface area contributed by atoms with Crippen LogP contribution in [-0.4, -0.2) is 14.1 Å². The van der Waals surface area contributed by atoms with Crippen LogP contribution < -0.4 is 0 Å². The molecule has 0 aliphatic carbocycles. The van der Waals surface area contributed by atoms with Gasteiger partial charge in [-0.25, -0.2) is 4.98 Å². The fourth-order valence-electron chi connectivity index (χ4n) is 2.94. The van der Waals surface area contributed by atoms with Gasteiger partial charge in [-0.3, -0.25) is 0 Å². The third kappa shape index (κ3) is 2.86. The molecule has 0 amide bonds. The number of halogens is 1. The Kier molecular flexibility index (Phi) is 3.93. The molecule has 0 bridgehead atoms. The third-order valence-corrected chi connectivity index (χ3v) is 4.37. The van der Waals surface area contributed by atoms with Crippen molar-refractivity contribution in [3.63, 3.8) is 0 Å². The summed E-state index contributed by atoms with van der Waals surface area (Å²) < 4.78 is 4.20. The first-order chi connectivity index (χ1) is 11.8. The number of benzene rings is 2. The molecule has 4 heteroatoms. The summed E-state index contributed by atoms with van der Waals surface area (Å²) in [5.41, 5.74) is 3.52. The van der Waals surface area contributed by atoms with Gasteiger partial charge in [-0.1, -0.05) is 35.9 Å². The van der Waals surface area contributed by atoms with Crippen LogP contribution >= 0.6 is 11.6 Å². The first kappa shape index (κ1) is 14.8. The molecular formula is C20H16ClN3. The van der Waals surface area contributed by atoms with Gasteiger partial charge in [0.15, 0.2) is 0 Å².